The second kappa shape index (κ2) is 6.51. The van der Waals surface area contributed by atoms with Crippen LogP contribution in [0.1, 0.15) is 43.1 Å². The molecule has 3 N–H and O–H groups in total. The Balaban J connectivity index is 1.91. The molecule has 0 aliphatic heterocycles. The average Bonchev–Trinajstić information content (AvgIpc) is 3.05. The molecular formula is C17H15F3N2O2S. The van der Waals surface area contributed by atoms with Crippen LogP contribution in [-0.4, -0.2) is 18.0 Å². The van der Waals surface area contributed by atoms with E-state index in [0.29, 0.717) is 11.4 Å². The van der Waals surface area contributed by atoms with E-state index >= 15 is 0 Å². The highest BCUT2D eigenvalue weighted by atomic mass is 32.1. The van der Waals surface area contributed by atoms with Crippen molar-refractivity contribution in [1.82, 2.24) is 0 Å². The number of halogens is 3. The SMILES string of the molecule is NC(=O)c1c(NC(=O)c2ccccc2CC(F)(F)F)sc2c1CCC2. The van der Waals surface area contributed by atoms with Crippen molar-refractivity contribution in [3.05, 3.63) is 51.4 Å². The first-order valence-corrected chi connectivity index (χ1v) is 8.48. The number of hydrogen-bond acceptors (Lipinski definition) is 3. The highest BCUT2D eigenvalue weighted by molar-refractivity contribution is 7.17. The first kappa shape index (κ1) is 17.5. The molecular weight excluding hydrogens is 353 g/mol. The number of nitrogens with one attached hydrogen (secondary N) is 1. The van der Waals surface area contributed by atoms with Crippen molar-refractivity contribution in [1.29, 1.82) is 0 Å². The Kier molecular flexibility index (Phi) is 4.55. The van der Waals surface area contributed by atoms with Gasteiger partial charge in [-0.15, -0.1) is 11.3 Å². The van der Waals surface area contributed by atoms with E-state index in [1.807, 2.05) is 0 Å². The van der Waals surface area contributed by atoms with E-state index in [2.05, 4.69) is 5.32 Å². The minimum absolute atomic E-state index is 0.0659. The summed E-state index contributed by atoms with van der Waals surface area (Å²) in [7, 11) is 0. The van der Waals surface area contributed by atoms with Gasteiger partial charge in [-0.3, -0.25) is 9.59 Å². The summed E-state index contributed by atoms with van der Waals surface area (Å²) in [4.78, 5) is 25.2. The Morgan fingerprint density at radius 1 is 1.20 bits per heavy atom. The van der Waals surface area contributed by atoms with Crippen molar-refractivity contribution in [2.24, 2.45) is 5.73 Å². The van der Waals surface area contributed by atoms with Crippen LogP contribution in [0.4, 0.5) is 18.2 Å². The zero-order valence-electron chi connectivity index (χ0n) is 13.1. The Labute approximate surface area is 145 Å². The van der Waals surface area contributed by atoms with Crippen molar-refractivity contribution in [2.75, 3.05) is 5.32 Å². The number of aryl methyl sites for hydroxylation is 1. The summed E-state index contributed by atoms with van der Waals surface area (Å²) in [6.45, 7) is 0. The molecule has 1 heterocycles. The number of carbonyl (C=O) groups excluding carboxylic acids is 2. The number of hydrogen-bond donors (Lipinski definition) is 2. The summed E-state index contributed by atoms with van der Waals surface area (Å²) in [5.74, 6) is -1.32. The van der Waals surface area contributed by atoms with Gasteiger partial charge in [0.15, 0.2) is 0 Å². The standard InChI is InChI=1S/C17H15F3N2O2S/c18-17(19,20)8-9-4-1-2-5-10(9)15(24)22-16-13(14(21)23)11-6-3-7-12(11)25-16/h1-2,4-5H,3,6-8H2,(H2,21,23)(H,22,24). The lowest BCUT2D eigenvalue weighted by Gasteiger charge is -2.12. The monoisotopic (exact) mass is 368 g/mol. The van der Waals surface area contributed by atoms with Crippen molar-refractivity contribution in [2.45, 2.75) is 31.9 Å². The van der Waals surface area contributed by atoms with Gasteiger partial charge in [0.25, 0.3) is 11.8 Å². The molecule has 0 atom stereocenters. The van der Waals surface area contributed by atoms with Crippen LogP contribution in [0.15, 0.2) is 24.3 Å². The lowest BCUT2D eigenvalue weighted by atomic mass is 10.0. The topological polar surface area (TPSA) is 72.2 Å². The molecule has 1 aromatic heterocycles. The van der Waals surface area contributed by atoms with Crippen LogP contribution in [0.3, 0.4) is 0 Å². The van der Waals surface area contributed by atoms with Crippen molar-refractivity contribution < 1.29 is 22.8 Å². The molecule has 1 aromatic carbocycles. The van der Waals surface area contributed by atoms with Gasteiger partial charge in [0.2, 0.25) is 0 Å². The second-order valence-corrected chi connectivity index (χ2v) is 6.93. The van der Waals surface area contributed by atoms with Gasteiger partial charge in [0.05, 0.1) is 12.0 Å². The van der Waals surface area contributed by atoms with Crippen LogP contribution in [0, 0.1) is 0 Å². The molecule has 0 saturated heterocycles. The Morgan fingerprint density at radius 3 is 2.60 bits per heavy atom. The molecule has 0 radical (unpaired) electrons. The molecule has 0 unspecified atom stereocenters. The maximum absolute atomic E-state index is 12.7. The van der Waals surface area contributed by atoms with E-state index in [1.54, 1.807) is 0 Å². The number of primary amides is 1. The quantitative estimate of drug-likeness (QED) is 0.864. The predicted molar refractivity (Wildman–Crippen MR) is 89.0 cm³/mol. The maximum atomic E-state index is 12.7. The Hall–Kier alpha value is -2.35. The molecule has 3 rings (SSSR count). The number of nitrogens with two attached hydrogens (primary N) is 1. The molecule has 25 heavy (non-hydrogen) atoms. The Morgan fingerprint density at radius 2 is 1.92 bits per heavy atom. The molecule has 0 fully saturated rings. The van der Waals surface area contributed by atoms with Gasteiger partial charge >= 0.3 is 6.18 Å². The molecule has 0 spiro atoms. The first-order valence-electron chi connectivity index (χ1n) is 7.66. The molecule has 132 valence electrons. The highest BCUT2D eigenvalue weighted by Crippen LogP contribution is 2.39. The predicted octanol–water partition coefficient (Wildman–Crippen LogP) is 3.69. The third-order valence-corrected chi connectivity index (χ3v) is 5.25. The summed E-state index contributed by atoms with van der Waals surface area (Å²) in [6.07, 6.45) is -3.17. The van der Waals surface area contributed by atoms with Gasteiger partial charge in [-0.25, -0.2) is 0 Å². The van der Waals surface area contributed by atoms with Crippen LogP contribution in [0.25, 0.3) is 0 Å². The number of benzene rings is 1. The summed E-state index contributed by atoms with van der Waals surface area (Å²) in [6, 6.07) is 5.55. The molecule has 2 aromatic rings. The zero-order chi connectivity index (χ0) is 18.2. The fourth-order valence-electron chi connectivity index (χ4n) is 3.04. The highest BCUT2D eigenvalue weighted by Gasteiger charge is 2.31. The van der Waals surface area contributed by atoms with E-state index in [0.717, 1.165) is 23.3 Å². The van der Waals surface area contributed by atoms with Gasteiger partial charge in [-0.1, -0.05) is 18.2 Å². The van der Waals surface area contributed by atoms with Gasteiger partial charge in [-0.05, 0) is 36.5 Å². The zero-order valence-corrected chi connectivity index (χ0v) is 13.9. The number of rotatable bonds is 4. The minimum Gasteiger partial charge on any atom is -0.365 e. The molecule has 8 heteroatoms. The van der Waals surface area contributed by atoms with Crippen molar-refractivity contribution in [3.8, 4) is 0 Å². The number of amides is 2. The number of fused-ring (bicyclic) bond motifs is 1. The maximum Gasteiger partial charge on any atom is 0.393 e. The summed E-state index contributed by atoms with van der Waals surface area (Å²) in [5.41, 5.74) is 6.37. The summed E-state index contributed by atoms with van der Waals surface area (Å²) < 4.78 is 38.1. The molecule has 4 nitrogen and oxygen atoms in total. The van der Waals surface area contributed by atoms with Crippen LogP contribution < -0.4 is 11.1 Å². The largest absolute Gasteiger partial charge is 0.393 e. The third-order valence-electron chi connectivity index (χ3n) is 4.05. The van der Waals surface area contributed by atoms with E-state index in [4.69, 9.17) is 5.73 Å². The molecule has 1 aliphatic carbocycles. The number of carbonyl (C=O) groups is 2. The lowest BCUT2D eigenvalue weighted by molar-refractivity contribution is -0.127. The van der Waals surface area contributed by atoms with Gasteiger partial charge in [0, 0.05) is 10.4 Å². The molecule has 0 bridgehead atoms. The third kappa shape index (κ3) is 3.68. The molecule has 1 aliphatic rings. The van der Waals surface area contributed by atoms with Gasteiger partial charge in [-0.2, -0.15) is 13.2 Å². The number of alkyl halides is 3. The van der Waals surface area contributed by atoms with E-state index in [1.165, 1.54) is 35.6 Å². The van der Waals surface area contributed by atoms with E-state index < -0.39 is 24.4 Å². The summed E-state index contributed by atoms with van der Waals surface area (Å²) in [5, 5.41) is 2.88. The van der Waals surface area contributed by atoms with Crippen molar-refractivity contribution >= 4 is 28.2 Å². The molecule has 2 amide bonds. The molecule has 0 saturated carbocycles. The van der Waals surface area contributed by atoms with Crippen molar-refractivity contribution in [3.63, 3.8) is 0 Å². The van der Waals surface area contributed by atoms with E-state index in [-0.39, 0.29) is 16.7 Å². The second-order valence-electron chi connectivity index (χ2n) is 5.83. The minimum atomic E-state index is -4.42. The normalized spacial score (nSPS) is 13.6. The van der Waals surface area contributed by atoms with Gasteiger partial charge in [0.1, 0.15) is 5.00 Å². The lowest BCUT2D eigenvalue weighted by Crippen LogP contribution is -2.20. The number of anilines is 1. The fraction of sp³-hybridized carbons (Fsp3) is 0.294. The first-order chi connectivity index (χ1) is 11.8. The van der Waals surface area contributed by atoms with Gasteiger partial charge < -0.3 is 11.1 Å². The fourth-order valence-corrected chi connectivity index (χ4v) is 4.33. The van der Waals surface area contributed by atoms with Crippen LogP contribution >= 0.6 is 11.3 Å². The average molecular weight is 368 g/mol. The van der Waals surface area contributed by atoms with Crippen LogP contribution in [0.2, 0.25) is 0 Å². The van der Waals surface area contributed by atoms with E-state index in [9.17, 15) is 22.8 Å². The smallest absolute Gasteiger partial charge is 0.365 e. The summed E-state index contributed by atoms with van der Waals surface area (Å²) >= 11 is 1.26. The van der Waals surface area contributed by atoms with Crippen LogP contribution in [0.5, 0.6) is 0 Å². The Bertz CT molecular complexity index is 843. The number of thiophene rings is 1. The van der Waals surface area contributed by atoms with Crippen LogP contribution in [-0.2, 0) is 19.3 Å².